The summed E-state index contributed by atoms with van der Waals surface area (Å²) in [4.78, 5) is 10.9. The van der Waals surface area contributed by atoms with Gasteiger partial charge in [0.2, 0.25) is 0 Å². The van der Waals surface area contributed by atoms with E-state index in [9.17, 15) is 4.79 Å². The van der Waals surface area contributed by atoms with E-state index < -0.39 is 0 Å². The van der Waals surface area contributed by atoms with Crippen LogP contribution < -0.4 is 10.6 Å². The summed E-state index contributed by atoms with van der Waals surface area (Å²) in [6.45, 7) is 1.95. The first-order valence-electron chi connectivity index (χ1n) is 3.78. The molecule has 2 amide bonds. The van der Waals surface area contributed by atoms with Gasteiger partial charge >= 0.3 is 6.03 Å². The lowest BCUT2D eigenvalue weighted by atomic mass is 10.2. The number of rotatable bonds is 1. The predicted molar refractivity (Wildman–Crippen MR) is 51.4 cm³/mol. The van der Waals surface area contributed by atoms with Crippen LogP contribution in [0.4, 0.5) is 10.5 Å². The van der Waals surface area contributed by atoms with Crippen LogP contribution in [-0.4, -0.2) is 13.1 Å². The molecule has 66 valence electrons. The maximum Gasteiger partial charge on any atom is 0.318 e. The third-order valence-corrected chi connectivity index (χ3v) is 1.62. The minimum Gasteiger partial charge on any atom is -0.341 e. The van der Waals surface area contributed by atoms with Crippen LogP contribution in [0.25, 0.3) is 0 Å². The van der Waals surface area contributed by atoms with Crippen molar-refractivity contribution in [3.05, 3.63) is 29.8 Å². The van der Waals surface area contributed by atoms with Gasteiger partial charge in [-0.25, -0.2) is 4.79 Å². The average molecular weight is 166 g/mol. The number of para-hydroxylation sites is 1. The maximum absolute atomic E-state index is 10.9. The third-order valence-electron chi connectivity index (χ3n) is 1.62. The average Bonchev–Trinajstić information content (AvgIpc) is 2.09. The third kappa shape index (κ3) is 1.99. The fourth-order valence-corrected chi connectivity index (χ4v) is 0.898. The molecule has 2 N–H and O–H groups in total. The molecule has 0 saturated carbocycles. The Morgan fingerprint density at radius 1 is 1.42 bits per heavy atom. The van der Waals surface area contributed by atoms with E-state index >= 15 is 0 Å². The Morgan fingerprint density at radius 2 is 2.08 bits per heavy atom. The molecule has 0 radical (unpaired) electrons. The van der Waals surface area contributed by atoms with Crippen molar-refractivity contribution in [3.63, 3.8) is 0 Å². The van der Waals surface area contributed by atoms with Crippen molar-refractivity contribution >= 4 is 11.7 Å². The van der Waals surface area contributed by atoms with Crippen molar-refractivity contribution in [2.24, 2.45) is 0 Å². The lowest BCUT2D eigenvalue weighted by Gasteiger charge is -2.06. The van der Waals surface area contributed by atoms with Crippen LogP contribution in [0.2, 0.25) is 0 Å². The van der Waals surface area contributed by atoms with E-state index in [1.165, 1.54) is 0 Å². The molecular formula is C9H14N2O. The van der Waals surface area contributed by atoms with Crippen LogP contribution in [0.3, 0.4) is 0 Å². The molecular weight excluding hydrogens is 152 g/mol. The molecule has 1 aromatic carbocycles. The minimum atomic E-state index is -0.190. The van der Waals surface area contributed by atoms with Gasteiger partial charge in [0.25, 0.3) is 0 Å². The number of nitrogens with one attached hydrogen (secondary N) is 2. The van der Waals surface area contributed by atoms with Gasteiger partial charge in [-0.05, 0) is 18.6 Å². The van der Waals surface area contributed by atoms with Gasteiger partial charge in [0.05, 0.1) is 0 Å². The van der Waals surface area contributed by atoms with E-state index in [1.807, 2.05) is 31.2 Å². The summed E-state index contributed by atoms with van der Waals surface area (Å²) in [6.07, 6.45) is 0. The van der Waals surface area contributed by atoms with Crippen molar-refractivity contribution in [2.45, 2.75) is 6.92 Å². The monoisotopic (exact) mass is 166 g/mol. The molecule has 0 aromatic heterocycles. The summed E-state index contributed by atoms with van der Waals surface area (Å²) in [5.74, 6) is 0. The fourth-order valence-electron chi connectivity index (χ4n) is 0.898. The van der Waals surface area contributed by atoms with Crippen LogP contribution in [0, 0.1) is 6.92 Å². The zero-order chi connectivity index (χ0) is 8.97. The highest BCUT2D eigenvalue weighted by Gasteiger charge is 1.99. The van der Waals surface area contributed by atoms with E-state index in [0.29, 0.717) is 0 Å². The molecule has 1 rings (SSSR count). The molecule has 0 fully saturated rings. The van der Waals surface area contributed by atoms with Crippen LogP contribution in [0.15, 0.2) is 24.3 Å². The Labute approximate surface area is 73.3 Å². The number of hydrogen-bond acceptors (Lipinski definition) is 1. The van der Waals surface area contributed by atoms with Gasteiger partial charge in [0.15, 0.2) is 0 Å². The first kappa shape index (κ1) is 8.59. The van der Waals surface area contributed by atoms with Crippen molar-refractivity contribution < 1.29 is 6.22 Å². The van der Waals surface area contributed by atoms with Gasteiger partial charge in [0.1, 0.15) is 0 Å². The van der Waals surface area contributed by atoms with Gasteiger partial charge < -0.3 is 10.6 Å². The number of aryl methyl sites for hydroxylation is 1. The zero-order valence-corrected chi connectivity index (χ0v) is 7.22. The molecule has 1 aromatic rings. The number of amides is 2. The second-order valence-corrected chi connectivity index (χ2v) is 2.52. The van der Waals surface area contributed by atoms with Crippen LogP contribution in [0.5, 0.6) is 0 Å². The molecule has 0 aliphatic carbocycles. The van der Waals surface area contributed by atoms with Gasteiger partial charge in [-0.15, -0.1) is 0 Å². The van der Waals surface area contributed by atoms with E-state index in [4.69, 9.17) is 0 Å². The normalized spacial score (nSPS) is 9.17. The molecule has 0 unspecified atom stereocenters. The zero-order valence-electron chi connectivity index (χ0n) is 7.22. The standard InChI is InChI=1S/C9H12N2O.H2/c1-7-5-3-4-6-8(7)11-9(12)10-2;/h3-6H,1-2H3,(H2,10,11,12);1H. The topological polar surface area (TPSA) is 41.1 Å². The highest BCUT2D eigenvalue weighted by atomic mass is 16.2. The first-order valence-corrected chi connectivity index (χ1v) is 3.78. The first-order chi connectivity index (χ1) is 5.74. The molecule has 0 aliphatic rings. The number of urea groups is 1. The van der Waals surface area contributed by atoms with E-state index in [2.05, 4.69) is 10.6 Å². The number of carbonyl (C=O) groups is 1. The van der Waals surface area contributed by atoms with Crippen molar-refractivity contribution in [1.29, 1.82) is 0 Å². The molecule has 0 aliphatic heterocycles. The van der Waals surface area contributed by atoms with Crippen molar-refractivity contribution in [2.75, 3.05) is 12.4 Å². The second-order valence-electron chi connectivity index (χ2n) is 2.52. The maximum atomic E-state index is 10.9. The van der Waals surface area contributed by atoms with Crippen LogP contribution in [0.1, 0.15) is 6.99 Å². The molecule has 12 heavy (non-hydrogen) atoms. The summed E-state index contributed by atoms with van der Waals surface area (Å²) < 4.78 is 0. The number of carbonyl (C=O) groups excluding carboxylic acids is 1. The van der Waals surface area contributed by atoms with E-state index in [-0.39, 0.29) is 7.46 Å². The quantitative estimate of drug-likeness (QED) is 0.658. The number of hydrogen-bond donors (Lipinski definition) is 2. The molecule has 0 spiro atoms. The minimum absolute atomic E-state index is 0. The Hall–Kier alpha value is -1.51. The highest BCUT2D eigenvalue weighted by Crippen LogP contribution is 2.12. The summed E-state index contributed by atoms with van der Waals surface area (Å²) in [6, 6.07) is 7.45. The largest absolute Gasteiger partial charge is 0.341 e. The smallest absolute Gasteiger partial charge is 0.318 e. The van der Waals surface area contributed by atoms with Gasteiger partial charge in [0, 0.05) is 14.2 Å². The Morgan fingerprint density at radius 3 is 2.67 bits per heavy atom. The molecule has 0 saturated heterocycles. The number of benzene rings is 1. The molecule has 3 heteroatoms. The van der Waals surface area contributed by atoms with Crippen LogP contribution in [-0.2, 0) is 0 Å². The van der Waals surface area contributed by atoms with Crippen molar-refractivity contribution in [3.8, 4) is 0 Å². The second kappa shape index (κ2) is 3.76. The summed E-state index contributed by atoms with van der Waals surface area (Å²) in [5.41, 5.74) is 1.90. The van der Waals surface area contributed by atoms with Gasteiger partial charge in [-0.3, -0.25) is 0 Å². The molecule has 0 bridgehead atoms. The van der Waals surface area contributed by atoms with E-state index in [0.717, 1.165) is 11.3 Å². The fraction of sp³-hybridized carbons (Fsp3) is 0.222. The lowest BCUT2D eigenvalue weighted by Crippen LogP contribution is -2.24. The molecule has 3 nitrogen and oxygen atoms in total. The highest BCUT2D eigenvalue weighted by molar-refractivity contribution is 5.89. The molecule has 0 heterocycles. The van der Waals surface area contributed by atoms with Crippen molar-refractivity contribution in [1.82, 2.24) is 5.32 Å². The predicted octanol–water partition coefficient (Wildman–Crippen LogP) is 1.99. The van der Waals surface area contributed by atoms with Gasteiger partial charge in [-0.1, -0.05) is 18.2 Å². The lowest BCUT2D eigenvalue weighted by molar-refractivity contribution is 0.254. The van der Waals surface area contributed by atoms with E-state index in [1.54, 1.807) is 7.05 Å². The Balaban J connectivity index is 0.00000144. The number of anilines is 1. The Bertz CT molecular complexity index is 289. The summed E-state index contributed by atoms with van der Waals surface area (Å²) in [5, 5.41) is 5.20. The SMILES string of the molecule is CNC(=O)Nc1ccccc1C.[HH]. The van der Waals surface area contributed by atoms with Crippen LogP contribution >= 0.6 is 0 Å². The molecule has 0 atom stereocenters. The summed E-state index contributed by atoms with van der Waals surface area (Å²) >= 11 is 0. The van der Waals surface area contributed by atoms with Gasteiger partial charge in [-0.2, -0.15) is 0 Å². The summed E-state index contributed by atoms with van der Waals surface area (Å²) in [7, 11) is 1.59. The Kier molecular flexibility index (Phi) is 2.69.